The van der Waals surface area contributed by atoms with E-state index in [-0.39, 0.29) is 24.0 Å². The van der Waals surface area contributed by atoms with Gasteiger partial charge in [0.2, 0.25) is 0 Å². The number of nitrogens with zero attached hydrogens (tertiary/aromatic N) is 2. The summed E-state index contributed by atoms with van der Waals surface area (Å²) >= 11 is 0. The predicted octanol–water partition coefficient (Wildman–Crippen LogP) is 4.31. The van der Waals surface area contributed by atoms with E-state index in [1.165, 1.54) is 17.2 Å². The minimum Gasteiger partial charge on any atom is -0.461 e. The second-order valence-electron chi connectivity index (χ2n) is 10.1. The summed E-state index contributed by atoms with van der Waals surface area (Å²) in [6.45, 7) is 8.63. The van der Waals surface area contributed by atoms with Crippen LogP contribution in [0.1, 0.15) is 61.8 Å². The Morgan fingerprint density at radius 1 is 1.18 bits per heavy atom. The summed E-state index contributed by atoms with van der Waals surface area (Å²) < 4.78 is 11.4. The van der Waals surface area contributed by atoms with Crippen molar-refractivity contribution < 1.29 is 19.1 Å². The van der Waals surface area contributed by atoms with Gasteiger partial charge in [-0.3, -0.25) is 9.69 Å². The molecule has 0 radical (unpaired) electrons. The standard InChI is InChI=1S/C27H34N2O5/c1-27(2,3)34-26(32)29-12-10-19(11-13-29)8-9-23-24(31)14-22(33-25(23)18-30)17-28-15-20-6-4-5-7-21(20)16-28/h4-9,14,19,30H,10-13,15-18H2,1-3H3/b9-8+. The van der Waals surface area contributed by atoms with Crippen LogP contribution in [0.25, 0.3) is 6.08 Å². The lowest BCUT2D eigenvalue weighted by Gasteiger charge is -2.32. The second kappa shape index (κ2) is 10.2. The Hall–Kier alpha value is -2.90. The summed E-state index contributed by atoms with van der Waals surface area (Å²) in [4.78, 5) is 29.0. The zero-order valence-corrected chi connectivity index (χ0v) is 20.3. The topological polar surface area (TPSA) is 83.2 Å². The van der Waals surface area contributed by atoms with Gasteiger partial charge in [0.25, 0.3) is 0 Å². The molecular formula is C27H34N2O5. The number of fused-ring (bicyclic) bond motifs is 1. The third kappa shape index (κ3) is 5.96. The normalized spacial score (nSPS) is 17.4. The van der Waals surface area contributed by atoms with Gasteiger partial charge in [-0.25, -0.2) is 4.79 Å². The second-order valence-corrected chi connectivity index (χ2v) is 10.1. The molecule has 7 heteroatoms. The fourth-order valence-corrected chi connectivity index (χ4v) is 4.54. The van der Waals surface area contributed by atoms with E-state index >= 15 is 0 Å². The molecule has 1 aromatic heterocycles. The molecule has 1 amide bonds. The predicted molar refractivity (Wildman–Crippen MR) is 130 cm³/mol. The third-order valence-corrected chi connectivity index (χ3v) is 6.27. The highest BCUT2D eigenvalue weighted by Gasteiger charge is 2.26. The molecule has 0 unspecified atom stereocenters. The van der Waals surface area contributed by atoms with Crippen molar-refractivity contribution in [3.05, 3.63) is 74.8 Å². The highest BCUT2D eigenvalue weighted by atomic mass is 16.6. The SMILES string of the molecule is CC(C)(C)OC(=O)N1CCC(/C=C/c2c(CO)oc(CN3Cc4ccccc4C3)cc2=O)CC1. The van der Waals surface area contributed by atoms with Gasteiger partial charge in [0.05, 0.1) is 12.1 Å². The summed E-state index contributed by atoms with van der Waals surface area (Å²) in [7, 11) is 0. The Morgan fingerprint density at radius 3 is 2.41 bits per heavy atom. The summed E-state index contributed by atoms with van der Waals surface area (Å²) in [5, 5.41) is 9.86. The van der Waals surface area contributed by atoms with E-state index in [1.54, 1.807) is 11.0 Å². The Labute approximate surface area is 200 Å². The maximum atomic E-state index is 12.8. The molecule has 1 aromatic carbocycles. The Morgan fingerprint density at radius 2 is 1.82 bits per heavy atom. The Balaban J connectivity index is 1.37. The Bertz CT molecular complexity index is 1080. The number of carbonyl (C=O) groups is 1. The van der Waals surface area contributed by atoms with Gasteiger partial charge in [-0.15, -0.1) is 0 Å². The first-order chi connectivity index (χ1) is 16.2. The molecule has 182 valence electrons. The lowest BCUT2D eigenvalue weighted by Crippen LogP contribution is -2.41. The number of likely N-dealkylation sites (tertiary alicyclic amines) is 1. The summed E-state index contributed by atoms with van der Waals surface area (Å²) in [6.07, 6.45) is 5.07. The summed E-state index contributed by atoms with van der Waals surface area (Å²) in [5.41, 5.74) is 2.33. The highest BCUT2D eigenvalue weighted by Crippen LogP contribution is 2.25. The van der Waals surface area contributed by atoms with Gasteiger partial charge in [-0.1, -0.05) is 36.4 Å². The number of ether oxygens (including phenoxy) is 1. The van der Waals surface area contributed by atoms with E-state index in [1.807, 2.05) is 39.0 Å². The maximum Gasteiger partial charge on any atom is 0.410 e. The summed E-state index contributed by atoms with van der Waals surface area (Å²) in [5.74, 6) is 1.10. The van der Waals surface area contributed by atoms with Gasteiger partial charge in [-0.2, -0.15) is 0 Å². The first-order valence-electron chi connectivity index (χ1n) is 11.9. The molecule has 2 aromatic rings. The van der Waals surface area contributed by atoms with Crippen molar-refractivity contribution in [3.63, 3.8) is 0 Å². The number of piperidine rings is 1. The van der Waals surface area contributed by atoms with E-state index < -0.39 is 5.60 Å². The van der Waals surface area contributed by atoms with Crippen LogP contribution in [-0.4, -0.2) is 39.7 Å². The van der Waals surface area contributed by atoms with Gasteiger partial charge >= 0.3 is 6.09 Å². The lowest BCUT2D eigenvalue weighted by atomic mass is 9.95. The molecule has 34 heavy (non-hydrogen) atoms. The molecule has 0 spiro atoms. The molecule has 4 rings (SSSR count). The van der Waals surface area contributed by atoms with Gasteiger partial charge in [0.15, 0.2) is 5.43 Å². The van der Waals surface area contributed by atoms with Gasteiger partial charge in [0, 0.05) is 32.2 Å². The molecule has 7 nitrogen and oxygen atoms in total. The molecule has 0 atom stereocenters. The van der Waals surface area contributed by atoms with Crippen LogP contribution < -0.4 is 5.43 Å². The molecule has 0 bridgehead atoms. The van der Waals surface area contributed by atoms with Crippen LogP contribution in [0.4, 0.5) is 4.79 Å². The van der Waals surface area contributed by atoms with E-state index in [0.29, 0.717) is 36.7 Å². The highest BCUT2D eigenvalue weighted by molar-refractivity contribution is 5.68. The zero-order chi connectivity index (χ0) is 24.3. The van der Waals surface area contributed by atoms with E-state index in [9.17, 15) is 14.7 Å². The summed E-state index contributed by atoms with van der Waals surface area (Å²) in [6, 6.07) is 9.85. The first kappa shape index (κ1) is 24.2. The lowest BCUT2D eigenvalue weighted by molar-refractivity contribution is 0.0197. The van der Waals surface area contributed by atoms with Crippen molar-refractivity contribution in [1.29, 1.82) is 0 Å². The van der Waals surface area contributed by atoms with Crippen LogP contribution in [0.15, 0.2) is 45.6 Å². The number of benzene rings is 1. The largest absolute Gasteiger partial charge is 0.461 e. The maximum absolute atomic E-state index is 12.8. The van der Waals surface area contributed by atoms with Crippen LogP contribution in [-0.2, 0) is 31.0 Å². The number of carbonyl (C=O) groups excluding carboxylic acids is 1. The van der Waals surface area contributed by atoms with E-state index in [4.69, 9.17) is 9.15 Å². The van der Waals surface area contributed by atoms with Crippen LogP contribution in [0.3, 0.4) is 0 Å². The van der Waals surface area contributed by atoms with Gasteiger partial charge < -0.3 is 19.2 Å². The quantitative estimate of drug-likeness (QED) is 0.707. The smallest absolute Gasteiger partial charge is 0.410 e. The van der Waals surface area contributed by atoms with Crippen LogP contribution in [0, 0.1) is 5.92 Å². The molecule has 1 N–H and O–H groups in total. The van der Waals surface area contributed by atoms with Crippen molar-refractivity contribution in [2.45, 2.75) is 65.5 Å². The molecule has 2 aliphatic rings. The molecule has 1 saturated heterocycles. The van der Waals surface area contributed by atoms with Crippen LogP contribution in [0.5, 0.6) is 0 Å². The first-order valence-corrected chi connectivity index (χ1v) is 11.9. The number of hydrogen-bond donors (Lipinski definition) is 1. The average Bonchev–Trinajstić information content (AvgIpc) is 3.19. The van der Waals surface area contributed by atoms with Crippen molar-refractivity contribution in [3.8, 4) is 0 Å². The van der Waals surface area contributed by atoms with E-state index in [0.717, 1.165) is 25.9 Å². The van der Waals surface area contributed by atoms with Crippen LogP contribution in [0.2, 0.25) is 0 Å². The number of aliphatic hydroxyl groups is 1. The molecule has 1 fully saturated rings. The zero-order valence-electron chi connectivity index (χ0n) is 20.3. The fourth-order valence-electron chi connectivity index (χ4n) is 4.54. The number of rotatable bonds is 5. The van der Waals surface area contributed by atoms with Crippen molar-refractivity contribution in [2.75, 3.05) is 13.1 Å². The average molecular weight is 467 g/mol. The number of hydrogen-bond acceptors (Lipinski definition) is 6. The number of aliphatic hydroxyl groups excluding tert-OH is 1. The molecule has 0 aliphatic carbocycles. The minimum absolute atomic E-state index is 0.149. The van der Waals surface area contributed by atoms with Crippen molar-refractivity contribution >= 4 is 12.2 Å². The molecular weight excluding hydrogens is 432 g/mol. The van der Waals surface area contributed by atoms with Crippen molar-refractivity contribution in [2.24, 2.45) is 5.92 Å². The fraction of sp³-hybridized carbons (Fsp3) is 0.481. The van der Waals surface area contributed by atoms with Crippen LogP contribution >= 0.6 is 0 Å². The molecule has 0 saturated carbocycles. The number of allylic oxidation sites excluding steroid dienone is 1. The number of amides is 1. The third-order valence-electron chi connectivity index (χ3n) is 6.27. The Kier molecular flexibility index (Phi) is 7.24. The minimum atomic E-state index is -0.506. The monoisotopic (exact) mass is 466 g/mol. The van der Waals surface area contributed by atoms with Gasteiger partial charge in [0.1, 0.15) is 23.7 Å². The molecule has 2 aliphatic heterocycles. The van der Waals surface area contributed by atoms with Gasteiger partial charge in [-0.05, 0) is 50.7 Å². The molecule has 3 heterocycles. The van der Waals surface area contributed by atoms with Crippen molar-refractivity contribution in [1.82, 2.24) is 9.80 Å². The van der Waals surface area contributed by atoms with E-state index in [2.05, 4.69) is 17.0 Å².